The molecule has 23 heavy (non-hydrogen) atoms. The van der Waals surface area contributed by atoms with E-state index < -0.39 is 6.10 Å². The fourth-order valence-electron chi connectivity index (χ4n) is 3.22. The Morgan fingerprint density at radius 3 is 2.96 bits per heavy atom. The lowest BCUT2D eigenvalue weighted by molar-refractivity contribution is 0.0759. The maximum atomic E-state index is 12.6. The van der Waals surface area contributed by atoms with Gasteiger partial charge in [0.1, 0.15) is 5.69 Å². The standard InChI is InChI=1S/C17H20N4O2/c22-16-10-21(9-12(16)7-13-3-1-2-6-18-13)17(23)15-8-14(19-20-15)11-4-5-11/h1-3,6,8,11-12,16,22H,4-5,7,9-10H2,(H,19,20)/t12-,16-/m1/s1. The predicted octanol–water partition coefficient (Wildman–Crippen LogP) is 1.36. The van der Waals surface area contributed by atoms with Crippen LogP contribution in [0.4, 0.5) is 0 Å². The minimum atomic E-state index is -0.511. The number of carbonyl (C=O) groups is 1. The average molecular weight is 312 g/mol. The molecule has 6 heteroatoms. The second kappa shape index (κ2) is 5.77. The van der Waals surface area contributed by atoms with Gasteiger partial charge in [-0.05, 0) is 37.5 Å². The summed E-state index contributed by atoms with van der Waals surface area (Å²) >= 11 is 0. The summed E-state index contributed by atoms with van der Waals surface area (Å²) in [4.78, 5) is 18.6. The smallest absolute Gasteiger partial charge is 0.274 e. The Labute approximate surface area is 134 Å². The van der Waals surface area contributed by atoms with Crippen molar-refractivity contribution in [3.05, 3.63) is 47.5 Å². The van der Waals surface area contributed by atoms with Crippen LogP contribution >= 0.6 is 0 Å². The number of aliphatic hydroxyl groups is 1. The van der Waals surface area contributed by atoms with E-state index in [0.717, 1.165) is 11.4 Å². The summed E-state index contributed by atoms with van der Waals surface area (Å²) in [6.07, 6.45) is 4.26. The fraction of sp³-hybridized carbons (Fsp3) is 0.471. The lowest BCUT2D eigenvalue weighted by Crippen LogP contribution is -2.29. The highest BCUT2D eigenvalue weighted by atomic mass is 16.3. The van der Waals surface area contributed by atoms with Crippen LogP contribution in [0.1, 0.15) is 40.6 Å². The maximum absolute atomic E-state index is 12.6. The maximum Gasteiger partial charge on any atom is 0.274 e. The molecule has 1 saturated carbocycles. The quantitative estimate of drug-likeness (QED) is 0.893. The Balaban J connectivity index is 1.42. The predicted molar refractivity (Wildman–Crippen MR) is 83.9 cm³/mol. The minimum Gasteiger partial charge on any atom is -0.391 e. The van der Waals surface area contributed by atoms with Crippen LogP contribution in [0.3, 0.4) is 0 Å². The first-order valence-corrected chi connectivity index (χ1v) is 8.13. The van der Waals surface area contributed by atoms with Crippen LogP contribution in [0.15, 0.2) is 30.5 Å². The molecule has 0 bridgehead atoms. The van der Waals surface area contributed by atoms with Gasteiger partial charge in [-0.25, -0.2) is 0 Å². The Morgan fingerprint density at radius 2 is 2.22 bits per heavy atom. The van der Waals surface area contributed by atoms with Gasteiger partial charge in [0.25, 0.3) is 5.91 Å². The van der Waals surface area contributed by atoms with Crippen LogP contribution in [0.25, 0.3) is 0 Å². The van der Waals surface area contributed by atoms with Crippen molar-refractivity contribution in [2.45, 2.75) is 31.3 Å². The molecule has 1 amide bonds. The number of hydrogen-bond donors (Lipinski definition) is 2. The first-order valence-electron chi connectivity index (χ1n) is 8.13. The second-order valence-corrected chi connectivity index (χ2v) is 6.55. The summed E-state index contributed by atoms with van der Waals surface area (Å²) in [5.74, 6) is 0.469. The van der Waals surface area contributed by atoms with Crippen molar-refractivity contribution in [1.29, 1.82) is 0 Å². The number of likely N-dealkylation sites (tertiary alicyclic amines) is 1. The van der Waals surface area contributed by atoms with E-state index in [-0.39, 0.29) is 11.8 Å². The van der Waals surface area contributed by atoms with Crippen molar-refractivity contribution in [3.8, 4) is 0 Å². The number of pyridine rings is 1. The summed E-state index contributed by atoms with van der Waals surface area (Å²) < 4.78 is 0. The molecule has 120 valence electrons. The fourth-order valence-corrected chi connectivity index (χ4v) is 3.22. The first-order chi connectivity index (χ1) is 11.2. The number of nitrogens with zero attached hydrogens (tertiary/aromatic N) is 3. The van der Waals surface area contributed by atoms with Crippen LogP contribution in [0, 0.1) is 5.92 Å². The topological polar surface area (TPSA) is 82.1 Å². The van der Waals surface area contributed by atoms with Crippen molar-refractivity contribution in [3.63, 3.8) is 0 Å². The van der Waals surface area contributed by atoms with E-state index in [0.29, 0.717) is 31.1 Å². The Morgan fingerprint density at radius 1 is 1.35 bits per heavy atom. The van der Waals surface area contributed by atoms with Crippen molar-refractivity contribution in [1.82, 2.24) is 20.1 Å². The first kappa shape index (κ1) is 14.4. The molecule has 2 aromatic rings. The number of amides is 1. The molecule has 2 atom stereocenters. The van der Waals surface area contributed by atoms with Gasteiger partial charge in [0.05, 0.1) is 6.10 Å². The van der Waals surface area contributed by atoms with Crippen molar-refractivity contribution in [2.75, 3.05) is 13.1 Å². The van der Waals surface area contributed by atoms with E-state index in [1.807, 2.05) is 24.3 Å². The van der Waals surface area contributed by atoms with E-state index >= 15 is 0 Å². The monoisotopic (exact) mass is 312 g/mol. The molecule has 1 aliphatic carbocycles. The van der Waals surface area contributed by atoms with Crippen LogP contribution < -0.4 is 0 Å². The highest BCUT2D eigenvalue weighted by Crippen LogP contribution is 2.39. The number of H-pyrrole nitrogens is 1. The van der Waals surface area contributed by atoms with Crippen molar-refractivity contribution >= 4 is 5.91 Å². The average Bonchev–Trinajstić information content (AvgIpc) is 3.19. The summed E-state index contributed by atoms with van der Waals surface area (Å²) in [6, 6.07) is 7.63. The Kier molecular flexibility index (Phi) is 3.61. The van der Waals surface area contributed by atoms with Gasteiger partial charge in [0.2, 0.25) is 0 Å². The van der Waals surface area contributed by atoms with Gasteiger partial charge >= 0.3 is 0 Å². The molecule has 0 spiro atoms. The molecule has 0 radical (unpaired) electrons. The molecular formula is C17H20N4O2. The van der Waals surface area contributed by atoms with Crippen LogP contribution in [-0.4, -0.2) is 50.3 Å². The summed E-state index contributed by atoms with van der Waals surface area (Å²) in [6.45, 7) is 0.907. The molecule has 2 aliphatic rings. The van der Waals surface area contributed by atoms with Gasteiger partial charge in [-0.1, -0.05) is 6.07 Å². The molecule has 6 nitrogen and oxygen atoms in total. The zero-order valence-corrected chi connectivity index (χ0v) is 12.9. The number of aromatic amines is 1. The van der Waals surface area contributed by atoms with E-state index in [1.165, 1.54) is 12.8 Å². The molecule has 0 aromatic carbocycles. The van der Waals surface area contributed by atoms with Gasteiger partial charge in [-0.2, -0.15) is 5.10 Å². The van der Waals surface area contributed by atoms with Crippen LogP contribution in [-0.2, 0) is 6.42 Å². The zero-order chi connectivity index (χ0) is 15.8. The van der Waals surface area contributed by atoms with Gasteiger partial charge in [0, 0.05) is 42.5 Å². The molecular weight excluding hydrogens is 292 g/mol. The largest absolute Gasteiger partial charge is 0.391 e. The Hall–Kier alpha value is -2.21. The summed E-state index contributed by atoms with van der Waals surface area (Å²) in [5.41, 5.74) is 2.46. The SMILES string of the molecule is O=C(c1cc(C2CC2)[nH]n1)N1C[C@@H](Cc2ccccn2)[C@H](O)C1. The third-order valence-corrected chi connectivity index (χ3v) is 4.73. The summed E-state index contributed by atoms with van der Waals surface area (Å²) in [5, 5.41) is 17.4. The molecule has 1 aliphatic heterocycles. The van der Waals surface area contributed by atoms with Crippen LogP contribution in [0.2, 0.25) is 0 Å². The van der Waals surface area contributed by atoms with Gasteiger partial charge in [-0.15, -0.1) is 0 Å². The Bertz CT molecular complexity index is 696. The third kappa shape index (κ3) is 2.99. The molecule has 4 rings (SSSR count). The van der Waals surface area contributed by atoms with Gasteiger partial charge in [-0.3, -0.25) is 14.9 Å². The number of nitrogens with one attached hydrogen (secondary N) is 1. The highest BCUT2D eigenvalue weighted by Gasteiger charge is 2.36. The minimum absolute atomic E-state index is 0.0238. The third-order valence-electron chi connectivity index (χ3n) is 4.73. The highest BCUT2D eigenvalue weighted by molar-refractivity contribution is 5.92. The molecule has 2 aromatic heterocycles. The molecule has 2 fully saturated rings. The molecule has 1 saturated heterocycles. The van der Waals surface area contributed by atoms with Crippen molar-refractivity contribution < 1.29 is 9.90 Å². The normalized spacial score (nSPS) is 24.1. The number of hydrogen-bond acceptors (Lipinski definition) is 4. The van der Waals surface area contributed by atoms with E-state index in [2.05, 4.69) is 15.2 Å². The second-order valence-electron chi connectivity index (χ2n) is 6.55. The van der Waals surface area contributed by atoms with Gasteiger partial charge < -0.3 is 10.0 Å². The number of rotatable bonds is 4. The van der Waals surface area contributed by atoms with E-state index in [9.17, 15) is 9.90 Å². The lowest BCUT2D eigenvalue weighted by atomic mass is 10.00. The number of aromatic nitrogens is 3. The van der Waals surface area contributed by atoms with Gasteiger partial charge in [0.15, 0.2) is 0 Å². The van der Waals surface area contributed by atoms with E-state index in [1.54, 1.807) is 11.1 Å². The molecule has 3 heterocycles. The number of β-amino-alcohol motifs (C(OH)–C–C–N with tert-alkyl or cyclic N) is 1. The van der Waals surface area contributed by atoms with Crippen molar-refractivity contribution in [2.24, 2.45) is 5.92 Å². The van der Waals surface area contributed by atoms with Crippen LogP contribution in [0.5, 0.6) is 0 Å². The number of carbonyl (C=O) groups excluding carboxylic acids is 1. The number of aliphatic hydroxyl groups excluding tert-OH is 1. The summed E-state index contributed by atoms with van der Waals surface area (Å²) in [7, 11) is 0. The molecule has 2 N–H and O–H groups in total. The molecule has 0 unspecified atom stereocenters. The van der Waals surface area contributed by atoms with E-state index in [4.69, 9.17) is 0 Å². The lowest BCUT2D eigenvalue weighted by Gasteiger charge is -2.14. The zero-order valence-electron chi connectivity index (χ0n) is 12.9.